The minimum absolute atomic E-state index is 0.233. The number of halogens is 1. The average Bonchev–Trinajstić information content (AvgIpc) is 2.41. The van der Waals surface area contributed by atoms with Crippen molar-refractivity contribution < 1.29 is 9.13 Å². The molecule has 4 heteroatoms. The van der Waals surface area contributed by atoms with Gasteiger partial charge >= 0.3 is 0 Å². The molecule has 1 heterocycles. The molecule has 0 radical (unpaired) electrons. The molecule has 0 amide bonds. The Bertz CT molecular complexity index is 517. The highest BCUT2D eigenvalue weighted by Gasteiger charge is 2.01. The van der Waals surface area contributed by atoms with Crippen LogP contribution in [-0.4, -0.2) is 12.0 Å². The Balaban J connectivity index is 1.90. The van der Waals surface area contributed by atoms with Gasteiger partial charge in [0.15, 0.2) is 0 Å². The van der Waals surface area contributed by atoms with E-state index in [2.05, 4.69) is 10.3 Å². The molecule has 1 N–H and O–H groups in total. The minimum atomic E-state index is -0.233. The van der Waals surface area contributed by atoms with Crippen LogP contribution in [0.1, 0.15) is 11.1 Å². The first kappa shape index (κ1) is 12.5. The summed E-state index contributed by atoms with van der Waals surface area (Å²) >= 11 is 0. The van der Waals surface area contributed by atoms with Crippen molar-refractivity contribution in [1.29, 1.82) is 0 Å². The molecule has 0 aliphatic rings. The van der Waals surface area contributed by atoms with Gasteiger partial charge in [-0.1, -0.05) is 18.2 Å². The fraction of sp³-hybridized carbons (Fsp3) is 0.214. The fourth-order valence-corrected chi connectivity index (χ4v) is 1.60. The molecule has 0 atom stereocenters. The highest BCUT2D eigenvalue weighted by atomic mass is 19.1. The second-order valence-corrected chi connectivity index (χ2v) is 3.88. The Labute approximate surface area is 106 Å². The number of hydrogen-bond donors (Lipinski definition) is 1. The molecule has 0 saturated carbocycles. The standard InChI is InChI=1S/C14H15FN2O/c1-16-14-8-11(6-7-17-14)9-18-10-12-4-2-3-5-13(12)15/h2-8H,9-10H2,1H3,(H,16,17). The summed E-state index contributed by atoms with van der Waals surface area (Å²) in [5.74, 6) is 0.560. The van der Waals surface area contributed by atoms with E-state index in [0.29, 0.717) is 12.2 Å². The summed E-state index contributed by atoms with van der Waals surface area (Å²) in [6, 6.07) is 10.4. The minimum Gasteiger partial charge on any atom is -0.373 e. The van der Waals surface area contributed by atoms with Crippen LogP contribution in [0.4, 0.5) is 10.2 Å². The van der Waals surface area contributed by atoms with Crippen molar-refractivity contribution in [2.45, 2.75) is 13.2 Å². The van der Waals surface area contributed by atoms with E-state index in [1.807, 2.05) is 19.2 Å². The van der Waals surface area contributed by atoms with E-state index >= 15 is 0 Å². The Morgan fingerprint density at radius 2 is 2.06 bits per heavy atom. The monoisotopic (exact) mass is 246 g/mol. The first-order valence-electron chi connectivity index (χ1n) is 5.73. The number of nitrogens with zero attached hydrogens (tertiary/aromatic N) is 1. The first-order chi connectivity index (χ1) is 8.79. The van der Waals surface area contributed by atoms with E-state index in [-0.39, 0.29) is 12.4 Å². The molecule has 94 valence electrons. The van der Waals surface area contributed by atoms with Crippen LogP contribution in [0.2, 0.25) is 0 Å². The molecule has 3 nitrogen and oxygen atoms in total. The highest BCUT2D eigenvalue weighted by molar-refractivity contribution is 5.36. The van der Waals surface area contributed by atoms with E-state index in [0.717, 1.165) is 11.4 Å². The van der Waals surface area contributed by atoms with E-state index in [1.54, 1.807) is 24.4 Å². The Morgan fingerprint density at radius 1 is 1.22 bits per heavy atom. The zero-order valence-corrected chi connectivity index (χ0v) is 10.2. The van der Waals surface area contributed by atoms with Crippen LogP contribution in [0.15, 0.2) is 42.6 Å². The van der Waals surface area contributed by atoms with Crippen molar-refractivity contribution >= 4 is 5.82 Å². The number of nitrogens with one attached hydrogen (secondary N) is 1. The maximum Gasteiger partial charge on any atom is 0.128 e. The zero-order valence-electron chi connectivity index (χ0n) is 10.2. The van der Waals surface area contributed by atoms with Gasteiger partial charge in [0, 0.05) is 18.8 Å². The van der Waals surface area contributed by atoms with Gasteiger partial charge < -0.3 is 10.1 Å². The summed E-state index contributed by atoms with van der Waals surface area (Å²) in [6.45, 7) is 0.704. The highest BCUT2D eigenvalue weighted by Crippen LogP contribution is 2.11. The second kappa shape index (κ2) is 6.12. The molecular formula is C14H15FN2O. The average molecular weight is 246 g/mol. The van der Waals surface area contributed by atoms with Gasteiger partial charge in [0.05, 0.1) is 13.2 Å². The van der Waals surface area contributed by atoms with E-state index < -0.39 is 0 Å². The number of aromatic nitrogens is 1. The Morgan fingerprint density at radius 3 is 2.83 bits per heavy atom. The molecule has 2 aromatic rings. The lowest BCUT2D eigenvalue weighted by Crippen LogP contribution is -1.98. The number of anilines is 1. The second-order valence-electron chi connectivity index (χ2n) is 3.88. The predicted octanol–water partition coefficient (Wildman–Crippen LogP) is 2.98. The van der Waals surface area contributed by atoms with Gasteiger partial charge in [-0.25, -0.2) is 9.37 Å². The SMILES string of the molecule is CNc1cc(COCc2ccccc2F)ccn1. The van der Waals surface area contributed by atoms with E-state index in [9.17, 15) is 4.39 Å². The third kappa shape index (κ3) is 3.28. The smallest absolute Gasteiger partial charge is 0.128 e. The molecule has 0 aliphatic heterocycles. The molecule has 18 heavy (non-hydrogen) atoms. The zero-order chi connectivity index (χ0) is 12.8. The summed E-state index contributed by atoms with van der Waals surface area (Å²) in [5.41, 5.74) is 1.58. The number of benzene rings is 1. The van der Waals surface area contributed by atoms with Crippen LogP contribution in [0.5, 0.6) is 0 Å². The van der Waals surface area contributed by atoms with Gasteiger partial charge in [-0.05, 0) is 23.8 Å². The maximum absolute atomic E-state index is 13.3. The van der Waals surface area contributed by atoms with Crippen molar-refractivity contribution in [3.8, 4) is 0 Å². The molecule has 0 saturated heterocycles. The lowest BCUT2D eigenvalue weighted by Gasteiger charge is -2.06. The van der Waals surface area contributed by atoms with E-state index in [1.165, 1.54) is 6.07 Å². The quantitative estimate of drug-likeness (QED) is 0.880. The van der Waals surface area contributed by atoms with Gasteiger partial charge in [0.1, 0.15) is 11.6 Å². The summed E-state index contributed by atoms with van der Waals surface area (Å²) in [7, 11) is 1.81. The van der Waals surface area contributed by atoms with Crippen LogP contribution >= 0.6 is 0 Å². The summed E-state index contributed by atoms with van der Waals surface area (Å²) in [5, 5.41) is 2.96. The summed E-state index contributed by atoms with van der Waals surface area (Å²) in [4.78, 5) is 4.11. The van der Waals surface area contributed by atoms with Crippen molar-refractivity contribution in [3.05, 3.63) is 59.5 Å². The number of hydrogen-bond acceptors (Lipinski definition) is 3. The largest absolute Gasteiger partial charge is 0.373 e. The third-order valence-corrected chi connectivity index (χ3v) is 2.56. The lowest BCUT2D eigenvalue weighted by atomic mass is 10.2. The van der Waals surface area contributed by atoms with Crippen molar-refractivity contribution in [2.24, 2.45) is 0 Å². The molecule has 0 spiro atoms. The first-order valence-corrected chi connectivity index (χ1v) is 5.73. The van der Waals surface area contributed by atoms with Crippen molar-refractivity contribution in [3.63, 3.8) is 0 Å². The topological polar surface area (TPSA) is 34.1 Å². The molecule has 0 aliphatic carbocycles. The molecule has 0 bridgehead atoms. The summed E-state index contributed by atoms with van der Waals surface area (Å²) < 4.78 is 18.8. The molecule has 0 unspecified atom stereocenters. The van der Waals surface area contributed by atoms with Crippen LogP contribution in [0, 0.1) is 5.82 Å². The van der Waals surface area contributed by atoms with Crippen LogP contribution in [0.25, 0.3) is 0 Å². The normalized spacial score (nSPS) is 10.3. The molecule has 1 aromatic carbocycles. The lowest BCUT2D eigenvalue weighted by molar-refractivity contribution is 0.105. The fourth-order valence-electron chi connectivity index (χ4n) is 1.60. The van der Waals surface area contributed by atoms with Crippen LogP contribution in [-0.2, 0) is 18.0 Å². The summed E-state index contributed by atoms with van der Waals surface area (Å²) in [6.07, 6.45) is 1.72. The van der Waals surface area contributed by atoms with Gasteiger partial charge in [-0.15, -0.1) is 0 Å². The number of rotatable bonds is 5. The Hall–Kier alpha value is -1.94. The molecule has 2 rings (SSSR count). The maximum atomic E-state index is 13.3. The number of ether oxygens (including phenoxy) is 1. The van der Waals surface area contributed by atoms with E-state index in [4.69, 9.17) is 4.74 Å². The van der Waals surface area contributed by atoms with Gasteiger partial charge in [0.25, 0.3) is 0 Å². The van der Waals surface area contributed by atoms with Crippen molar-refractivity contribution in [1.82, 2.24) is 4.98 Å². The predicted molar refractivity (Wildman–Crippen MR) is 68.7 cm³/mol. The van der Waals surface area contributed by atoms with Crippen LogP contribution < -0.4 is 5.32 Å². The van der Waals surface area contributed by atoms with Gasteiger partial charge in [-0.2, -0.15) is 0 Å². The molecular weight excluding hydrogens is 231 g/mol. The third-order valence-electron chi connectivity index (χ3n) is 2.56. The van der Waals surface area contributed by atoms with Gasteiger partial charge in [-0.3, -0.25) is 0 Å². The van der Waals surface area contributed by atoms with Crippen LogP contribution in [0.3, 0.4) is 0 Å². The molecule has 1 aromatic heterocycles. The van der Waals surface area contributed by atoms with Crippen molar-refractivity contribution in [2.75, 3.05) is 12.4 Å². The van der Waals surface area contributed by atoms with Gasteiger partial charge in [0.2, 0.25) is 0 Å². The molecule has 0 fully saturated rings. The number of pyridine rings is 1. The Kier molecular flexibility index (Phi) is 4.25.